The summed E-state index contributed by atoms with van der Waals surface area (Å²) < 4.78 is 0. The van der Waals surface area contributed by atoms with E-state index < -0.39 is 0 Å². The van der Waals surface area contributed by atoms with Crippen LogP contribution in [0.2, 0.25) is 0 Å². The summed E-state index contributed by atoms with van der Waals surface area (Å²) in [4.78, 5) is 5.42. The fourth-order valence-electron chi connectivity index (χ4n) is 1.29. The highest BCUT2D eigenvalue weighted by molar-refractivity contribution is 7.09. The predicted octanol–water partition coefficient (Wildman–Crippen LogP) is 2.84. The quantitative estimate of drug-likeness (QED) is 0.833. The highest BCUT2D eigenvalue weighted by atomic mass is 32.1. The smallest absolute Gasteiger partial charge is 0.0794 e. The van der Waals surface area contributed by atoms with Crippen molar-refractivity contribution in [1.29, 1.82) is 0 Å². The third-order valence-corrected chi connectivity index (χ3v) is 3.37. The highest BCUT2D eigenvalue weighted by Gasteiger charge is 2.19. The molecule has 1 atom stereocenters. The Morgan fingerprint density at radius 1 is 1.50 bits per heavy atom. The minimum Gasteiger partial charge on any atom is -0.327 e. The lowest BCUT2D eigenvalue weighted by Gasteiger charge is -2.26. The second-order valence-electron chi connectivity index (χ2n) is 4.83. The molecule has 0 aliphatic heterocycles. The Labute approximate surface area is 90.6 Å². The van der Waals surface area contributed by atoms with Crippen molar-refractivity contribution >= 4 is 11.3 Å². The van der Waals surface area contributed by atoms with Crippen LogP contribution >= 0.6 is 11.3 Å². The average molecular weight is 212 g/mol. The van der Waals surface area contributed by atoms with Crippen LogP contribution in [-0.2, 0) is 6.42 Å². The molecule has 0 spiro atoms. The lowest BCUT2D eigenvalue weighted by molar-refractivity contribution is 0.301. The maximum atomic E-state index is 6.08. The molecule has 1 heterocycles. The van der Waals surface area contributed by atoms with E-state index in [1.807, 2.05) is 11.7 Å². The average Bonchev–Trinajstić information content (AvgIpc) is 2.55. The number of nitrogens with two attached hydrogens (primary N) is 1. The minimum atomic E-state index is 0.230. The predicted molar refractivity (Wildman–Crippen MR) is 62.5 cm³/mol. The number of thiazole rings is 1. The van der Waals surface area contributed by atoms with Crippen LogP contribution in [0.5, 0.6) is 0 Å². The van der Waals surface area contributed by atoms with Crippen molar-refractivity contribution in [3.63, 3.8) is 0 Å². The van der Waals surface area contributed by atoms with Crippen LogP contribution in [0.3, 0.4) is 0 Å². The molecule has 1 aromatic rings. The highest BCUT2D eigenvalue weighted by Crippen LogP contribution is 2.21. The molecule has 0 aliphatic rings. The number of aromatic nitrogens is 1. The van der Waals surface area contributed by atoms with E-state index in [4.69, 9.17) is 5.73 Å². The molecule has 0 aliphatic carbocycles. The number of hydrogen-bond acceptors (Lipinski definition) is 3. The molecule has 0 aromatic carbocycles. The van der Waals surface area contributed by atoms with Gasteiger partial charge in [0.25, 0.3) is 0 Å². The van der Waals surface area contributed by atoms with E-state index in [1.165, 1.54) is 11.3 Å². The fraction of sp³-hybridized carbons (Fsp3) is 0.727. The molecule has 1 rings (SSSR count). The number of rotatable bonds is 4. The maximum Gasteiger partial charge on any atom is 0.0794 e. The van der Waals surface area contributed by atoms with Crippen molar-refractivity contribution in [2.45, 2.75) is 46.1 Å². The molecule has 0 saturated heterocycles. The van der Waals surface area contributed by atoms with E-state index in [-0.39, 0.29) is 5.41 Å². The van der Waals surface area contributed by atoms with E-state index in [9.17, 15) is 0 Å². The standard InChI is InChI=1S/C11H20N2S/c1-11(2,3)10(12)6-4-5-9-7-13-8-14-9/h7-8,10H,4-6,12H2,1-3H3. The molecule has 0 bridgehead atoms. The van der Waals surface area contributed by atoms with Crippen molar-refractivity contribution in [1.82, 2.24) is 4.98 Å². The molecule has 0 saturated carbocycles. The zero-order valence-corrected chi connectivity index (χ0v) is 10.1. The van der Waals surface area contributed by atoms with Gasteiger partial charge >= 0.3 is 0 Å². The third-order valence-electron chi connectivity index (χ3n) is 2.53. The first-order chi connectivity index (χ1) is 6.50. The summed E-state index contributed by atoms with van der Waals surface area (Å²) in [5, 5.41) is 0. The van der Waals surface area contributed by atoms with Crippen molar-refractivity contribution in [3.05, 3.63) is 16.6 Å². The van der Waals surface area contributed by atoms with Gasteiger partial charge in [-0.15, -0.1) is 11.3 Å². The van der Waals surface area contributed by atoms with E-state index in [2.05, 4.69) is 25.8 Å². The van der Waals surface area contributed by atoms with Crippen molar-refractivity contribution in [2.24, 2.45) is 11.1 Å². The van der Waals surface area contributed by atoms with Crippen LogP contribution in [0, 0.1) is 5.41 Å². The van der Waals surface area contributed by atoms with E-state index >= 15 is 0 Å². The summed E-state index contributed by atoms with van der Waals surface area (Å²) in [7, 11) is 0. The monoisotopic (exact) mass is 212 g/mol. The largest absolute Gasteiger partial charge is 0.327 e. The minimum absolute atomic E-state index is 0.230. The SMILES string of the molecule is CC(C)(C)C(N)CCCc1cncs1. The summed E-state index contributed by atoms with van der Waals surface area (Å²) in [6.07, 6.45) is 5.34. The Balaban J connectivity index is 2.22. The van der Waals surface area contributed by atoms with Gasteiger partial charge in [0.05, 0.1) is 5.51 Å². The lowest BCUT2D eigenvalue weighted by Crippen LogP contribution is -2.34. The molecule has 1 aromatic heterocycles. The number of nitrogens with zero attached hydrogens (tertiary/aromatic N) is 1. The van der Waals surface area contributed by atoms with E-state index in [0.29, 0.717) is 6.04 Å². The Morgan fingerprint density at radius 2 is 2.21 bits per heavy atom. The summed E-state index contributed by atoms with van der Waals surface area (Å²) in [5.74, 6) is 0. The Bertz CT molecular complexity index is 249. The number of aryl methyl sites for hydroxylation is 1. The first kappa shape index (κ1) is 11.7. The molecule has 0 amide bonds. The summed E-state index contributed by atoms with van der Waals surface area (Å²) in [6, 6.07) is 0.301. The van der Waals surface area contributed by atoms with Crippen LogP contribution in [0.15, 0.2) is 11.7 Å². The van der Waals surface area contributed by atoms with E-state index in [0.717, 1.165) is 12.8 Å². The lowest BCUT2D eigenvalue weighted by atomic mass is 9.84. The normalized spacial score (nSPS) is 14.3. The van der Waals surface area contributed by atoms with Crippen molar-refractivity contribution < 1.29 is 0 Å². The van der Waals surface area contributed by atoms with Gasteiger partial charge in [-0.05, 0) is 24.7 Å². The molecule has 14 heavy (non-hydrogen) atoms. The molecule has 3 heteroatoms. The van der Waals surface area contributed by atoms with Gasteiger partial charge < -0.3 is 5.73 Å². The van der Waals surface area contributed by atoms with Crippen LogP contribution in [-0.4, -0.2) is 11.0 Å². The van der Waals surface area contributed by atoms with Crippen LogP contribution in [0.4, 0.5) is 0 Å². The molecule has 1 unspecified atom stereocenters. The second-order valence-corrected chi connectivity index (χ2v) is 5.80. The van der Waals surface area contributed by atoms with Gasteiger partial charge in [0.15, 0.2) is 0 Å². The molecule has 2 N–H and O–H groups in total. The molecule has 2 nitrogen and oxygen atoms in total. The third kappa shape index (κ3) is 3.76. The zero-order chi connectivity index (χ0) is 10.6. The Hall–Kier alpha value is -0.410. The zero-order valence-electron chi connectivity index (χ0n) is 9.29. The van der Waals surface area contributed by atoms with Gasteiger partial charge in [-0.2, -0.15) is 0 Å². The van der Waals surface area contributed by atoms with Crippen LogP contribution in [0.1, 0.15) is 38.5 Å². The van der Waals surface area contributed by atoms with Crippen LogP contribution in [0.25, 0.3) is 0 Å². The fourth-order valence-corrected chi connectivity index (χ4v) is 1.94. The maximum absolute atomic E-state index is 6.08. The first-order valence-electron chi connectivity index (χ1n) is 5.13. The van der Waals surface area contributed by atoms with Gasteiger partial charge in [-0.25, -0.2) is 0 Å². The molecule has 0 radical (unpaired) electrons. The summed E-state index contributed by atoms with van der Waals surface area (Å²) in [6.45, 7) is 6.60. The molecule has 0 fully saturated rings. The summed E-state index contributed by atoms with van der Waals surface area (Å²) >= 11 is 1.73. The molecular formula is C11H20N2S. The molecule has 80 valence electrons. The Kier molecular flexibility index (Phi) is 4.08. The number of hydrogen-bond donors (Lipinski definition) is 1. The topological polar surface area (TPSA) is 38.9 Å². The van der Waals surface area contributed by atoms with Gasteiger partial charge in [-0.3, -0.25) is 4.98 Å². The van der Waals surface area contributed by atoms with Crippen molar-refractivity contribution in [2.75, 3.05) is 0 Å². The summed E-state index contributed by atoms with van der Waals surface area (Å²) in [5.41, 5.74) is 8.20. The molecular weight excluding hydrogens is 192 g/mol. The second kappa shape index (κ2) is 4.89. The van der Waals surface area contributed by atoms with Crippen LogP contribution < -0.4 is 5.73 Å². The Morgan fingerprint density at radius 3 is 2.71 bits per heavy atom. The van der Waals surface area contributed by atoms with E-state index in [1.54, 1.807) is 11.3 Å². The first-order valence-corrected chi connectivity index (χ1v) is 6.01. The van der Waals surface area contributed by atoms with Gasteiger partial charge in [0, 0.05) is 17.1 Å². The van der Waals surface area contributed by atoms with Gasteiger partial charge in [0.1, 0.15) is 0 Å². The van der Waals surface area contributed by atoms with Gasteiger partial charge in [0.2, 0.25) is 0 Å². The van der Waals surface area contributed by atoms with Crippen molar-refractivity contribution in [3.8, 4) is 0 Å². The van der Waals surface area contributed by atoms with Gasteiger partial charge in [-0.1, -0.05) is 20.8 Å².